The first-order chi connectivity index (χ1) is 1.00. The molecule has 0 spiro atoms. The third-order valence-electron chi connectivity index (χ3n) is 0. The summed E-state index contributed by atoms with van der Waals surface area (Å²) in [5, 5.41) is 0. The molecule has 0 aromatic carbocycles. The molecule has 0 saturated carbocycles. The summed E-state index contributed by atoms with van der Waals surface area (Å²) in [7, 11) is 0. The van der Waals surface area contributed by atoms with Crippen LogP contribution in [0.25, 0.3) is 0 Å². The molecule has 4 heteroatoms. The maximum absolute atomic E-state index is 3.22. The van der Waals surface area contributed by atoms with E-state index in [1.165, 1.54) is 0 Å². The normalized spacial score (nSPS) is 1.50. The number of rotatable bonds is 0. The van der Waals surface area contributed by atoms with Gasteiger partial charge in [0.2, 0.25) is 0 Å². The summed E-state index contributed by atoms with van der Waals surface area (Å²) >= 11 is 6.44. The van der Waals surface area contributed by atoms with Crippen LogP contribution < -0.4 is 0 Å². The molecular weight excluding hydrogens is 304 g/mol. The van der Waals surface area contributed by atoms with Crippen LogP contribution in [0.1, 0.15) is 0 Å². The third-order valence-corrected chi connectivity index (χ3v) is 0. The number of thiol groups is 2. The molecule has 0 aromatic rings. The van der Waals surface area contributed by atoms with E-state index in [0.717, 1.165) is 0 Å². The van der Waals surface area contributed by atoms with Gasteiger partial charge < -0.3 is 0 Å². The van der Waals surface area contributed by atoms with Gasteiger partial charge in [-0.3, -0.25) is 0 Å². The summed E-state index contributed by atoms with van der Waals surface area (Å²) in [6.07, 6.45) is 0. The predicted octanol–water partition coefficient (Wildman–Crippen LogP) is 0.756. The second-order valence-electron chi connectivity index (χ2n) is 0. The molecule has 0 N–H and O–H groups in total. The van der Waals surface area contributed by atoms with Gasteiger partial charge in [-0.25, -0.2) is 0 Å². The van der Waals surface area contributed by atoms with Crippen LogP contribution in [-0.4, -0.2) is 0 Å². The molecule has 0 atom stereocenters. The van der Waals surface area contributed by atoms with Crippen LogP contribution in [0.4, 0.5) is 0 Å². The summed E-state index contributed by atoms with van der Waals surface area (Å²) in [6, 6.07) is 0. The molecule has 0 bridgehead atoms. The van der Waals surface area contributed by atoms with Gasteiger partial charge in [0.25, 0.3) is 0 Å². The van der Waals surface area contributed by atoms with E-state index in [1.54, 1.807) is 0 Å². The fraction of sp³-hybridized carbons (Fsp3) is 0. The van der Waals surface area contributed by atoms with Gasteiger partial charge in [-0.15, -0.1) is 23.3 Å². The summed E-state index contributed by atoms with van der Waals surface area (Å²) in [5.41, 5.74) is 0. The minimum atomic E-state index is 0. The van der Waals surface area contributed by atoms with Crippen molar-refractivity contribution in [3.05, 3.63) is 0 Å². The number of hydrogen-bond donors (Lipinski definition) is 2. The van der Waals surface area contributed by atoms with Crippen molar-refractivity contribution in [1.29, 1.82) is 0 Å². The van der Waals surface area contributed by atoms with Crippen LogP contribution in [0.15, 0.2) is 0 Å². The van der Waals surface area contributed by atoms with Crippen molar-refractivity contribution in [2.75, 3.05) is 0 Å². The summed E-state index contributed by atoms with van der Waals surface area (Å²) < 4.78 is 0. The molecule has 0 aliphatic rings. The van der Waals surface area contributed by atoms with E-state index in [0.29, 0.717) is 0 Å². The first-order valence-electron chi connectivity index (χ1n) is 0.200. The van der Waals surface area contributed by atoms with Crippen molar-refractivity contribution in [3.63, 3.8) is 0 Å². The van der Waals surface area contributed by atoms with Crippen molar-refractivity contribution in [2.45, 2.75) is 0 Å². The Morgan fingerprint density at radius 2 is 1.00 bits per heavy atom. The van der Waals surface area contributed by atoms with Gasteiger partial charge in [-0.05, 0) is 0 Å². The third kappa shape index (κ3) is 9.08. The second-order valence-corrected chi connectivity index (χ2v) is 0. The van der Waals surface area contributed by atoms with Gasteiger partial charge in [-0.2, -0.15) is 0 Å². The molecule has 0 heterocycles. The largest absolute Gasteiger partial charge is 0.115 e. The fourth-order valence-corrected chi connectivity index (χ4v) is 0. The second kappa shape index (κ2) is 20.6. The minimum Gasteiger partial charge on any atom is -0.115 e. The van der Waals surface area contributed by atoms with Gasteiger partial charge in [-0.1, -0.05) is 0 Å². The van der Waals surface area contributed by atoms with Gasteiger partial charge in [0, 0.05) is 38.1 Å². The molecule has 0 amide bonds. The van der Waals surface area contributed by atoms with E-state index in [-0.39, 0.29) is 38.1 Å². The van der Waals surface area contributed by atoms with Crippen LogP contribution in [0.3, 0.4) is 0 Å². The molecule has 0 saturated heterocycles. The molecule has 0 aliphatic carbocycles. The van der Waals surface area contributed by atoms with Gasteiger partial charge in [0.1, 0.15) is 0 Å². The zero-order chi connectivity index (χ0) is 2.00. The molecular formula is H2FeS2W. The van der Waals surface area contributed by atoms with E-state index in [1.807, 2.05) is 0 Å². The summed E-state index contributed by atoms with van der Waals surface area (Å²) in [6.45, 7) is 0. The molecule has 0 aliphatic heterocycles. The SMILES string of the molecule is SS.[Fe].[W]. The molecule has 4 heavy (non-hydrogen) atoms. The Bertz CT molecular complexity index is 6.00. The van der Waals surface area contributed by atoms with E-state index in [9.17, 15) is 0 Å². The maximum Gasteiger partial charge on any atom is 0 e. The first kappa shape index (κ1) is 16.8. The van der Waals surface area contributed by atoms with E-state index >= 15 is 0 Å². The first-order valence-corrected chi connectivity index (χ1v) is 1.80. The van der Waals surface area contributed by atoms with Crippen molar-refractivity contribution >= 4 is 23.3 Å². The van der Waals surface area contributed by atoms with Crippen LogP contribution >= 0.6 is 23.3 Å². The fourth-order valence-electron chi connectivity index (χ4n) is 0. The molecule has 0 radical (unpaired) electrons. The van der Waals surface area contributed by atoms with Crippen molar-refractivity contribution in [2.24, 2.45) is 0 Å². The molecule has 0 rings (SSSR count). The standard InChI is InChI=1S/Fe.H2S2.W/c;1-2;/h;1-2H;. The van der Waals surface area contributed by atoms with Crippen molar-refractivity contribution in [1.82, 2.24) is 0 Å². The Balaban J connectivity index is -0.00000000500. The zero-order valence-corrected chi connectivity index (χ0v) is 7.48. The quantitative estimate of drug-likeness (QED) is 0.368. The number of hydrogen-bond acceptors (Lipinski definition) is 2. The molecule has 0 nitrogen and oxygen atoms in total. The Kier molecular flexibility index (Phi) is 86.6. The molecule has 28 valence electrons. The van der Waals surface area contributed by atoms with Crippen molar-refractivity contribution in [3.8, 4) is 0 Å². The average molecular weight is 306 g/mol. The molecule has 0 unspecified atom stereocenters. The van der Waals surface area contributed by atoms with Crippen molar-refractivity contribution < 1.29 is 38.1 Å². The zero-order valence-electron chi connectivity index (χ0n) is 1.66. The Morgan fingerprint density at radius 1 is 1.00 bits per heavy atom. The predicted molar refractivity (Wildman–Crippen MR) is 18.0 cm³/mol. The Morgan fingerprint density at radius 3 is 1.00 bits per heavy atom. The monoisotopic (exact) mass is 306 g/mol. The Hall–Kier alpha value is 1.91. The molecule has 0 aromatic heterocycles. The average Bonchev–Trinajstić information content (AvgIpc) is 1.00. The van der Waals surface area contributed by atoms with E-state index in [4.69, 9.17) is 0 Å². The topological polar surface area (TPSA) is 0 Å². The van der Waals surface area contributed by atoms with Gasteiger partial charge in [0.15, 0.2) is 0 Å². The van der Waals surface area contributed by atoms with Crippen LogP contribution in [0.2, 0.25) is 0 Å². The summed E-state index contributed by atoms with van der Waals surface area (Å²) in [4.78, 5) is 0. The smallest absolute Gasteiger partial charge is 0 e. The van der Waals surface area contributed by atoms with E-state index in [2.05, 4.69) is 23.3 Å². The van der Waals surface area contributed by atoms with E-state index < -0.39 is 0 Å². The minimum absolute atomic E-state index is 0. The molecule has 0 fully saturated rings. The van der Waals surface area contributed by atoms with Gasteiger partial charge >= 0.3 is 0 Å². The van der Waals surface area contributed by atoms with Gasteiger partial charge in [0.05, 0.1) is 0 Å². The summed E-state index contributed by atoms with van der Waals surface area (Å²) in [5.74, 6) is 0. The van der Waals surface area contributed by atoms with Crippen LogP contribution in [0.5, 0.6) is 0 Å². The maximum atomic E-state index is 3.22. The van der Waals surface area contributed by atoms with Crippen LogP contribution in [0, 0.1) is 0 Å². The Labute approximate surface area is 61.1 Å². The van der Waals surface area contributed by atoms with Crippen LogP contribution in [-0.2, 0) is 38.1 Å².